The van der Waals surface area contributed by atoms with Crippen molar-refractivity contribution in [1.82, 2.24) is 15.2 Å². The number of rotatable bonds is 4. The lowest BCUT2D eigenvalue weighted by atomic mass is 9.98. The van der Waals surface area contributed by atoms with Crippen molar-refractivity contribution in [3.05, 3.63) is 38.5 Å². The minimum absolute atomic E-state index is 0.0510. The van der Waals surface area contributed by atoms with Crippen molar-refractivity contribution in [2.75, 3.05) is 13.1 Å². The van der Waals surface area contributed by atoms with Gasteiger partial charge >= 0.3 is 0 Å². The zero-order chi connectivity index (χ0) is 16.2. The summed E-state index contributed by atoms with van der Waals surface area (Å²) in [4.78, 5) is 30.8. The van der Waals surface area contributed by atoms with Gasteiger partial charge in [0, 0.05) is 31.3 Å². The van der Waals surface area contributed by atoms with Gasteiger partial charge in [0.15, 0.2) is 0 Å². The predicted molar refractivity (Wildman–Crippen MR) is 91.8 cm³/mol. The van der Waals surface area contributed by atoms with Crippen LogP contribution >= 0.6 is 22.7 Å². The Morgan fingerprint density at radius 3 is 3.04 bits per heavy atom. The molecule has 122 valence electrons. The maximum absolute atomic E-state index is 12.5. The number of nitrogens with zero attached hydrogens (tertiary/aromatic N) is 2. The van der Waals surface area contributed by atoms with Gasteiger partial charge in [0.25, 0.3) is 5.91 Å². The first-order chi connectivity index (χ1) is 11.1. The Labute approximate surface area is 143 Å². The second-order valence-electron chi connectivity index (χ2n) is 5.65. The Hall–Kier alpha value is -1.73. The first kappa shape index (κ1) is 16.1. The van der Waals surface area contributed by atoms with E-state index >= 15 is 0 Å². The molecule has 5 nitrogen and oxygen atoms in total. The molecule has 23 heavy (non-hydrogen) atoms. The molecule has 1 aliphatic heterocycles. The number of carbonyl (C=O) groups is 2. The summed E-state index contributed by atoms with van der Waals surface area (Å²) in [5, 5.41) is 7.76. The molecule has 2 aromatic rings. The molecule has 0 saturated carbocycles. The number of aromatic nitrogens is 1. The highest BCUT2D eigenvalue weighted by molar-refractivity contribution is 7.12. The van der Waals surface area contributed by atoms with Gasteiger partial charge in [0.2, 0.25) is 5.91 Å². The molecule has 3 heterocycles. The molecule has 1 atom stereocenters. The van der Waals surface area contributed by atoms with Crippen LogP contribution in [0.5, 0.6) is 0 Å². The van der Waals surface area contributed by atoms with E-state index in [0.717, 1.165) is 41.5 Å². The monoisotopic (exact) mass is 349 g/mol. The number of hydrogen-bond donors (Lipinski definition) is 1. The highest BCUT2D eigenvalue weighted by Gasteiger charge is 2.27. The van der Waals surface area contributed by atoms with Crippen LogP contribution in [0.15, 0.2) is 22.9 Å². The van der Waals surface area contributed by atoms with Crippen LogP contribution in [0, 0.1) is 0 Å². The molecule has 0 bridgehead atoms. The summed E-state index contributed by atoms with van der Waals surface area (Å²) in [5.74, 6) is 0.369. The van der Waals surface area contributed by atoms with E-state index in [1.165, 1.54) is 18.3 Å². The highest BCUT2D eigenvalue weighted by atomic mass is 32.1. The molecule has 2 aromatic heterocycles. The van der Waals surface area contributed by atoms with Gasteiger partial charge in [-0.15, -0.1) is 22.7 Å². The second kappa shape index (κ2) is 7.23. The van der Waals surface area contributed by atoms with Crippen molar-refractivity contribution in [2.24, 2.45) is 0 Å². The number of piperidine rings is 1. The molecule has 1 unspecified atom stereocenters. The predicted octanol–water partition coefficient (Wildman–Crippen LogP) is 2.86. The van der Waals surface area contributed by atoms with Gasteiger partial charge in [-0.2, -0.15) is 0 Å². The van der Waals surface area contributed by atoms with Crippen LogP contribution in [-0.4, -0.2) is 34.8 Å². The molecule has 0 radical (unpaired) electrons. The molecule has 1 saturated heterocycles. The summed E-state index contributed by atoms with van der Waals surface area (Å²) in [7, 11) is 0. The molecular weight excluding hydrogens is 330 g/mol. The number of hydrogen-bond acceptors (Lipinski definition) is 5. The van der Waals surface area contributed by atoms with E-state index in [9.17, 15) is 9.59 Å². The van der Waals surface area contributed by atoms with E-state index in [-0.39, 0.29) is 11.8 Å². The van der Waals surface area contributed by atoms with Gasteiger partial charge in [-0.1, -0.05) is 6.07 Å². The van der Waals surface area contributed by atoms with Crippen LogP contribution in [-0.2, 0) is 11.3 Å². The Kier molecular flexibility index (Phi) is 5.07. The lowest BCUT2D eigenvalue weighted by Crippen LogP contribution is -2.38. The maximum Gasteiger partial charge on any atom is 0.263 e. The normalized spacial score (nSPS) is 18.0. The summed E-state index contributed by atoms with van der Waals surface area (Å²) in [6.45, 7) is 3.51. The van der Waals surface area contributed by atoms with E-state index in [4.69, 9.17) is 0 Å². The minimum atomic E-state index is -0.0510. The first-order valence-electron chi connectivity index (χ1n) is 7.65. The molecule has 0 spiro atoms. The van der Waals surface area contributed by atoms with Crippen molar-refractivity contribution in [3.63, 3.8) is 0 Å². The Morgan fingerprint density at radius 1 is 1.43 bits per heavy atom. The number of amides is 2. The number of nitrogens with one attached hydrogen (secondary N) is 1. The van der Waals surface area contributed by atoms with Crippen LogP contribution in [0.4, 0.5) is 0 Å². The van der Waals surface area contributed by atoms with Crippen LogP contribution in [0.3, 0.4) is 0 Å². The van der Waals surface area contributed by atoms with Crippen LogP contribution in [0.25, 0.3) is 0 Å². The van der Waals surface area contributed by atoms with Crippen molar-refractivity contribution >= 4 is 34.5 Å². The van der Waals surface area contributed by atoms with Crippen molar-refractivity contribution in [2.45, 2.75) is 32.2 Å². The molecule has 2 amide bonds. The second-order valence-corrected chi connectivity index (χ2v) is 7.49. The molecule has 1 N–H and O–H groups in total. The van der Waals surface area contributed by atoms with E-state index in [1.807, 2.05) is 27.8 Å². The summed E-state index contributed by atoms with van der Waals surface area (Å²) in [5.41, 5.74) is 0.891. The van der Waals surface area contributed by atoms with Crippen LogP contribution < -0.4 is 5.32 Å². The Morgan fingerprint density at radius 2 is 2.30 bits per heavy atom. The Bertz CT molecular complexity index is 681. The van der Waals surface area contributed by atoms with Gasteiger partial charge in [-0.05, 0) is 24.3 Å². The summed E-state index contributed by atoms with van der Waals surface area (Å²) < 4.78 is 0. The average Bonchev–Trinajstić information content (AvgIpc) is 3.24. The third-order valence-electron chi connectivity index (χ3n) is 3.88. The largest absolute Gasteiger partial charge is 0.351 e. The minimum Gasteiger partial charge on any atom is -0.351 e. The summed E-state index contributed by atoms with van der Waals surface area (Å²) in [6.07, 6.45) is 2.06. The zero-order valence-corrected chi connectivity index (χ0v) is 14.6. The first-order valence-corrected chi connectivity index (χ1v) is 9.41. The SMILES string of the molecule is CC(=O)NCc1csc(C2CCCN(C(=O)c3cccs3)C2)n1. The van der Waals surface area contributed by atoms with Crippen molar-refractivity contribution in [3.8, 4) is 0 Å². The fourth-order valence-electron chi connectivity index (χ4n) is 2.73. The van der Waals surface area contributed by atoms with Gasteiger partial charge in [-0.3, -0.25) is 9.59 Å². The summed E-state index contributed by atoms with van der Waals surface area (Å²) in [6, 6.07) is 3.79. The summed E-state index contributed by atoms with van der Waals surface area (Å²) >= 11 is 3.11. The molecular formula is C16H19N3O2S2. The van der Waals surface area contributed by atoms with Crippen molar-refractivity contribution < 1.29 is 9.59 Å². The molecule has 7 heteroatoms. The van der Waals surface area contributed by atoms with E-state index in [0.29, 0.717) is 12.5 Å². The maximum atomic E-state index is 12.5. The quantitative estimate of drug-likeness (QED) is 0.923. The highest BCUT2D eigenvalue weighted by Crippen LogP contribution is 2.30. The lowest BCUT2D eigenvalue weighted by Gasteiger charge is -2.31. The lowest BCUT2D eigenvalue weighted by molar-refractivity contribution is -0.119. The third kappa shape index (κ3) is 3.97. The average molecular weight is 349 g/mol. The van der Waals surface area contributed by atoms with Gasteiger partial charge in [0.1, 0.15) is 0 Å². The number of thiazole rings is 1. The molecule has 1 fully saturated rings. The van der Waals surface area contributed by atoms with E-state index in [1.54, 1.807) is 11.3 Å². The van der Waals surface area contributed by atoms with Gasteiger partial charge in [0.05, 0.1) is 22.1 Å². The third-order valence-corrected chi connectivity index (χ3v) is 5.79. The fourth-order valence-corrected chi connectivity index (χ4v) is 4.36. The number of carbonyl (C=O) groups excluding carboxylic acids is 2. The van der Waals surface area contributed by atoms with E-state index in [2.05, 4.69) is 10.3 Å². The fraction of sp³-hybridized carbons (Fsp3) is 0.438. The smallest absolute Gasteiger partial charge is 0.263 e. The topological polar surface area (TPSA) is 62.3 Å². The molecule has 1 aliphatic rings. The molecule has 3 rings (SSSR count). The van der Waals surface area contributed by atoms with E-state index < -0.39 is 0 Å². The van der Waals surface area contributed by atoms with Gasteiger partial charge < -0.3 is 10.2 Å². The van der Waals surface area contributed by atoms with Crippen LogP contribution in [0.2, 0.25) is 0 Å². The zero-order valence-electron chi connectivity index (χ0n) is 12.9. The standard InChI is InChI=1S/C16H19N3O2S2/c1-11(20)17-8-13-10-23-15(18-13)12-4-2-6-19(9-12)16(21)14-5-3-7-22-14/h3,5,7,10,12H,2,4,6,8-9H2,1H3,(H,17,20). The van der Waals surface area contributed by atoms with Crippen LogP contribution in [0.1, 0.15) is 46.1 Å². The van der Waals surface area contributed by atoms with Gasteiger partial charge in [-0.25, -0.2) is 4.98 Å². The van der Waals surface area contributed by atoms with Crippen molar-refractivity contribution in [1.29, 1.82) is 0 Å². The Balaban J connectivity index is 1.64. The number of thiophene rings is 1. The molecule has 0 aromatic carbocycles. The number of likely N-dealkylation sites (tertiary alicyclic amines) is 1. The molecule has 0 aliphatic carbocycles.